The van der Waals surface area contributed by atoms with Crippen molar-refractivity contribution >= 4 is 40.1 Å². The Kier molecular flexibility index (Phi) is 6.16. The number of amides is 1. The summed E-state index contributed by atoms with van der Waals surface area (Å²) in [4.78, 5) is 45.7. The Balaban J connectivity index is 1.99. The van der Waals surface area contributed by atoms with Gasteiger partial charge < -0.3 is 10.2 Å². The highest BCUT2D eigenvalue weighted by Gasteiger charge is 2.25. The molecule has 33 heavy (non-hydrogen) atoms. The molecule has 10 heteroatoms. The van der Waals surface area contributed by atoms with Crippen molar-refractivity contribution in [1.29, 1.82) is 0 Å². The molecule has 0 aliphatic rings. The van der Waals surface area contributed by atoms with Gasteiger partial charge >= 0.3 is 5.97 Å². The molecule has 0 saturated carbocycles. The first kappa shape index (κ1) is 24.1. The third kappa shape index (κ3) is 5.11. The molecular formula is C23H26N4O5S. The Morgan fingerprint density at radius 3 is 2.36 bits per heavy atom. The molecule has 0 bridgehead atoms. The fraction of sp³-hybridized carbons (Fsp3) is 0.348. The van der Waals surface area contributed by atoms with Crippen LogP contribution in [0.3, 0.4) is 0 Å². The van der Waals surface area contributed by atoms with E-state index in [4.69, 9.17) is 0 Å². The number of hydrogen-bond acceptors (Lipinski definition) is 7. The molecule has 0 spiro atoms. The standard InChI is InChI=1S/C23H26N4O5S/c1-22(2,3)14(20(31)32)10-13-18(29)25-16-9-12(7-8-27(16)19(13)30)17(28)26-21-24-15(11-33-21)23(4,5)6/h7-11,29H,1-6H3,(H,31,32)(H,24,26,28). The van der Waals surface area contributed by atoms with Gasteiger partial charge in [-0.3, -0.25) is 19.3 Å². The van der Waals surface area contributed by atoms with E-state index in [0.717, 1.165) is 16.2 Å². The Morgan fingerprint density at radius 1 is 1.15 bits per heavy atom. The SMILES string of the molecule is CC(C)(C)C(=Cc1c(O)nc2cc(C(=O)Nc3nc(C(C)(C)C)cs3)ccn2c1=O)C(=O)O. The predicted octanol–water partition coefficient (Wildman–Crippen LogP) is 3.92. The third-order valence-electron chi connectivity index (χ3n) is 4.93. The number of nitrogens with one attached hydrogen (secondary N) is 1. The third-order valence-corrected chi connectivity index (χ3v) is 5.69. The Bertz CT molecular complexity index is 1340. The van der Waals surface area contributed by atoms with Gasteiger partial charge in [-0.1, -0.05) is 41.5 Å². The summed E-state index contributed by atoms with van der Waals surface area (Å²) in [6, 6.07) is 2.81. The van der Waals surface area contributed by atoms with Crippen molar-refractivity contribution in [3.63, 3.8) is 0 Å². The number of hydrogen-bond donors (Lipinski definition) is 3. The number of fused-ring (bicyclic) bond motifs is 1. The van der Waals surface area contributed by atoms with Crippen molar-refractivity contribution in [2.75, 3.05) is 5.32 Å². The van der Waals surface area contributed by atoms with Gasteiger partial charge in [0, 0.05) is 28.1 Å². The maximum absolute atomic E-state index is 12.9. The molecule has 0 aromatic carbocycles. The number of carboxylic acid groups (broad SMARTS) is 1. The van der Waals surface area contributed by atoms with Crippen LogP contribution in [-0.2, 0) is 10.2 Å². The van der Waals surface area contributed by atoms with Crippen LogP contribution in [0.25, 0.3) is 11.7 Å². The minimum Gasteiger partial charge on any atom is -0.493 e. The summed E-state index contributed by atoms with van der Waals surface area (Å²) in [5.74, 6) is -2.25. The molecule has 0 atom stereocenters. The zero-order chi connectivity index (χ0) is 24.7. The molecule has 0 fully saturated rings. The van der Waals surface area contributed by atoms with E-state index in [9.17, 15) is 24.6 Å². The number of pyridine rings is 1. The molecule has 3 rings (SSSR count). The second-order valence-electron chi connectivity index (χ2n) is 9.65. The summed E-state index contributed by atoms with van der Waals surface area (Å²) >= 11 is 1.31. The molecule has 3 N–H and O–H groups in total. The topological polar surface area (TPSA) is 134 Å². The van der Waals surface area contributed by atoms with Crippen LogP contribution in [0, 0.1) is 5.41 Å². The highest BCUT2D eigenvalue weighted by molar-refractivity contribution is 7.14. The van der Waals surface area contributed by atoms with E-state index in [-0.39, 0.29) is 27.8 Å². The molecule has 1 amide bonds. The van der Waals surface area contributed by atoms with Crippen LogP contribution in [0.5, 0.6) is 5.88 Å². The Morgan fingerprint density at radius 2 is 1.82 bits per heavy atom. The maximum atomic E-state index is 12.9. The van der Waals surface area contributed by atoms with Crippen molar-refractivity contribution in [1.82, 2.24) is 14.4 Å². The normalized spacial score (nSPS) is 12.7. The molecule has 0 aliphatic carbocycles. The van der Waals surface area contributed by atoms with Gasteiger partial charge in [-0.15, -0.1) is 11.3 Å². The van der Waals surface area contributed by atoms with Crippen LogP contribution in [0.1, 0.15) is 63.2 Å². The van der Waals surface area contributed by atoms with Crippen LogP contribution in [0.2, 0.25) is 0 Å². The zero-order valence-electron chi connectivity index (χ0n) is 19.3. The average molecular weight is 471 g/mol. The lowest BCUT2D eigenvalue weighted by Crippen LogP contribution is -2.22. The molecule has 3 aromatic heterocycles. The van der Waals surface area contributed by atoms with Crippen LogP contribution >= 0.6 is 11.3 Å². The van der Waals surface area contributed by atoms with E-state index in [1.807, 2.05) is 26.2 Å². The van der Waals surface area contributed by atoms with Gasteiger partial charge in [0.1, 0.15) is 11.2 Å². The predicted molar refractivity (Wildman–Crippen MR) is 127 cm³/mol. The van der Waals surface area contributed by atoms with Crippen LogP contribution in [0.15, 0.2) is 34.1 Å². The fourth-order valence-corrected chi connectivity index (χ4v) is 3.93. The molecule has 3 aromatic rings. The van der Waals surface area contributed by atoms with E-state index in [1.165, 1.54) is 29.7 Å². The fourth-order valence-electron chi connectivity index (χ4n) is 3.00. The van der Waals surface area contributed by atoms with Crippen molar-refractivity contribution in [3.05, 3.63) is 56.5 Å². The first-order valence-corrected chi connectivity index (χ1v) is 11.0. The zero-order valence-corrected chi connectivity index (χ0v) is 20.1. The summed E-state index contributed by atoms with van der Waals surface area (Å²) < 4.78 is 1.14. The van der Waals surface area contributed by atoms with E-state index in [0.29, 0.717) is 5.13 Å². The van der Waals surface area contributed by atoms with Gasteiger partial charge in [0.25, 0.3) is 11.5 Å². The van der Waals surface area contributed by atoms with Crippen molar-refractivity contribution in [2.24, 2.45) is 5.41 Å². The van der Waals surface area contributed by atoms with Gasteiger partial charge in [0.2, 0.25) is 5.88 Å². The lowest BCUT2D eigenvalue weighted by molar-refractivity contribution is -0.133. The molecule has 9 nitrogen and oxygen atoms in total. The minimum atomic E-state index is -1.20. The first-order valence-electron chi connectivity index (χ1n) is 10.2. The van der Waals surface area contributed by atoms with Crippen LogP contribution < -0.4 is 10.9 Å². The van der Waals surface area contributed by atoms with Gasteiger partial charge in [0.15, 0.2) is 5.13 Å². The molecule has 3 heterocycles. The summed E-state index contributed by atoms with van der Waals surface area (Å²) in [6.45, 7) is 11.1. The number of aliphatic carboxylic acids is 1. The highest BCUT2D eigenvalue weighted by Crippen LogP contribution is 2.29. The largest absolute Gasteiger partial charge is 0.493 e. The van der Waals surface area contributed by atoms with Gasteiger partial charge in [-0.25, -0.2) is 9.78 Å². The highest BCUT2D eigenvalue weighted by atomic mass is 32.1. The maximum Gasteiger partial charge on any atom is 0.332 e. The number of thiazole rings is 1. The smallest absolute Gasteiger partial charge is 0.332 e. The number of carboxylic acids is 1. The molecule has 0 unspecified atom stereocenters. The van der Waals surface area contributed by atoms with Crippen LogP contribution in [-0.4, -0.2) is 36.5 Å². The molecular weight excluding hydrogens is 444 g/mol. The van der Waals surface area contributed by atoms with E-state index in [1.54, 1.807) is 20.8 Å². The van der Waals surface area contributed by atoms with E-state index >= 15 is 0 Å². The number of rotatable bonds is 4. The van der Waals surface area contributed by atoms with Crippen molar-refractivity contribution in [2.45, 2.75) is 47.0 Å². The van der Waals surface area contributed by atoms with E-state index in [2.05, 4.69) is 15.3 Å². The van der Waals surface area contributed by atoms with Crippen molar-refractivity contribution < 1.29 is 19.8 Å². The number of carbonyl (C=O) groups excluding carboxylic acids is 1. The minimum absolute atomic E-state index is 0.0458. The molecule has 174 valence electrons. The number of nitrogens with zero attached hydrogens (tertiary/aromatic N) is 3. The van der Waals surface area contributed by atoms with Gasteiger partial charge in [-0.2, -0.15) is 4.98 Å². The van der Waals surface area contributed by atoms with E-state index < -0.39 is 28.7 Å². The lowest BCUT2D eigenvalue weighted by Gasteiger charge is -2.19. The summed E-state index contributed by atoms with van der Waals surface area (Å²) in [7, 11) is 0. The van der Waals surface area contributed by atoms with Crippen molar-refractivity contribution in [3.8, 4) is 5.88 Å². The molecule has 0 saturated heterocycles. The van der Waals surface area contributed by atoms with Gasteiger partial charge in [0.05, 0.1) is 5.69 Å². The second-order valence-corrected chi connectivity index (χ2v) is 10.5. The molecule has 0 radical (unpaired) electrons. The number of anilines is 1. The quantitative estimate of drug-likeness (QED) is 0.492. The summed E-state index contributed by atoms with van der Waals surface area (Å²) in [6.07, 6.45) is 2.49. The number of aromatic nitrogens is 3. The number of carbonyl (C=O) groups is 2. The number of aromatic hydroxyl groups is 1. The average Bonchev–Trinajstić information content (AvgIpc) is 3.15. The second kappa shape index (κ2) is 8.43. The molecule has 0 aliphatic heterocycles. The Labute approximate surface area is 194 Å². The lowest BCUT2D eigenvalue weighted by atomic mass is 9.85. The van der Waals surface area contributed by atoms with Gasteiger partial charge in [-0.05, 0) is 23.6 Å². The Hall–Kier alpha value is -3.53. The summed E-state index contributed by atoms with van der Waals surface area (Å²) in [5.41, 5.74) is -0.736. The van der Waals surface area contributed by atoms with Crippen LogP contribution in [0.4, 0.5) is 5.13 Å². The first-order chi connectivity index (χ1) is 15.2. The summed E-state index contributed by atoms with van der Waals surface area (Å²) in [5, 5.41) is 24.9. The monoisotopic (exact) mass is 470 g/mol.